The zero-order chi connectivity index (χ0) is 13.3. The predicted molar refractivity (Wildman–Crippen MR) is 60.8 cm³/mol. The molecule has 2 amide bonds. The predicted octanol–water partition coefficient (Wildman–Crippen LogP) is 0.643. The summed E-state index contributed by atoms with van der Waals surface area (Å²) < 4.78 is 4.88. The fraction of sp³-hybridized carbons (Fsp3) is 0.0909. The van der Waals surface area contributed by atoms with Gasteiger partial charge in [-0.05, 0) is 12.1 Å². The van der Waals surface area contributed by atoms with E-state index < -0.39 is 16.7 Å². The maximum absolute atomic E-state index is 11.5. The number of nitro groups is 1. The average molecular weight is 248 g/mol. The molecule has 18 heavy (non-hydrogen) atoms. The van der Waals surface area contributed by atoms with E-state index in [9.17, 15) is 19.7 Å². The summed E-state index contributed by atoms with van der Waals surface area (Å²) >= 11 is 0. The Hall–Kier alpha value is -2.70. The normalized spacial score (nSPS) is 14.2. The summed E-state index contributed by atoms with van der Waals surface area (Å²) in [6.45, 7) is 0. The average Bonchev–Trinajstić information content (AvgIpc) is 2.67. The van der Waals surface area contributed by atoms with Crippen LogP contribution in [0.4, 0.5) is 5.69 Å². The third kappa shape index (κ3) is 1.93. The smallest absolute Gasteiger partial charge is 0.281 e. The highest BCUT2D eigenvalue weighted by Gasteiger charge is 2.28. The number of carbonyl (C=O) groups excluding carboxylic acids is 2. The third-order valence-corrected chi connectivity index (χ3v) is 2.45. The molecule has 0 unspecified atom stereocenters. The lowest BCUT2D eigenvalue weighted by Crippen LogP contribution is -2.21. The molecule has 1 aromatic carbocycles. The molecule has 0 fully saturated rings. The van der Waals surface area contributed by atoms with Gasteiger partial charge in [-0.1, -0.05) is 0 Å². The number of ether oxygens (including phenoxy) is 1. The summed E-state index contributed by atoms with van der Waals surface area (Å²) in [6, 6.07) is 4.06. The minimum absolute atomic E-state index is 0.0191. The minimum atomic E-state index is -0.645. The Bertz CT molecular complexity index is 591. The number of nitro benzene ring substituents is 1. The van der Waals surface area contributed by atoms with Crippen LogP contribution in [-0.4, -0.2) is 23.8 Å². The molecule has 1 heterocycles. The van der Waals surface area contributed by atoms with Crippen molar-refractivity contribution in [3.05, 3.63) is 40.0 Å². The highest BCUT2D eigenvalue weighted by molar-refractivity contribution is 6.34. The zero-order valence-corrected chi connectivity index (χ0v) is 9.30. The minimum Gasteiger partial charge on any atom is -0.497 e. The monoisotopic (exact) mass is 248 g/mol. The van der Waals surface area contributed by atoms with Gasteiger partial charge in [0.25, 0.3) is 17.5 Å². The highest BCUT2D eigenvalue weighted by atomic mass is 16.6. The standard InChI is InChI=1S/C11H8N2O5/c1-18-6-2-3-7(9(4-6)13(16)17)8-5-10(14)12-11(8)15/h2-5H,1H3,(H,12,14,15). The number of nitrogens with zero attached hydrogens (tertiary/aromatic N) is 1. The van der Waals surface area contributed by atoms with Gasteiger partial charge in [0.2, 0.25) is 0 Å². The van der Waals surface area contributed by atoms with Crippen LogP contribution in [0.2, 0.25) is 0 Å². The van der Waals surface area contributed by atoms with Gasteiger partial charge in [0, 0.05) is 6.08 Å². The van der Waals surface area contributed by atoms with Gasteiger partial charge < -0.3 is 4.74 Å². The molecule has 0 bridgehead atoms. The Morgan fingerprint density at radius 3 is 2.56 bits per heavy atom. The van der Waals surface area contributed by atoms with Gasteiger partial charge in [0.15, 0.2) is 0 Å². The lowest BCUT2D eigenvalue weighted by Gasteiger charge is -2.04. The van der Waals surface area contributed by atoms with Crippen LogP contribution in [0.1, 0.15) is 5.56 Å². The van der Waals surface area contributed by atoms with E-state index in [1.807, 2.05) is 5.32 Å². The number of hydrogen-bond donors (Lipinski definition) is 1. The zero-order valence-electron chi connectivity index (χ0n) is 9.30. The fourth-order valence-corrected chi connectivity index (χ4v) is 1.63. The van der Waals surface area contributed by atoms with Gasteiger partial charge in [0.05, 0.1) is 29.2 Å². The van der Waals surface area contributed by atoms with Crippen LogP contribution in [0.5, 0.6) is 5.75 Å². The summed E-state index contributed by atoms with van der Waals surface area (Å²) in [5.74, 6) is -0.927. The molecule has 0 saturated heterocycles. The SMILES string of the molecule is COc1ccc(C2=CC(=O)NC2=O)c([N+](=O)[O-])c1. The molecule has 7 heteroatoms. The topological polar surface area (TPSA) is 98.5 Å². The molecular weight excluding hydrogens is 240 g/mol. The van der Waals surface area contributed by atoms with Crippen molar-refractivity contribution in [1.29, 1.82) is 0 Å². The van der Waals surface area contributed by atoms with Crippen molar-refractivity contribution in [3.63, 3.8) is 0 Å². The van der Waals surface area contributed by atoms with Crippen LogP contribution < -0.4 is 10.1 Å². The number of hydrogen-bond acceptors (Lipinski definition) is 5. The molecule has 0 atom stereocenters. The Labute approximate surface area is 101 Å². The first kappa shape index (κ1) is 11.8. The molecule has 7 nitrogen and oxygen atoms in total. The Kier molecular flexibility index (Phi) is 2.80. The van der Waals surface area contributed by atoms with Crippen molar-refractivity contribution in [2.75, 3.05) is 7.11 Å². The van der Waals surface area contributed by atoms with Gasteiger partial charge >= 0.3 is 0 Å². The first-order chi connectivity index (χ1) is 8.52. The number of nitrogens with one attached hydrogen (secondary N) is 1. The Morgan fingerprint density at radius 2 is 2.06 bits per heavy atom. The molecular formula is C11H8N2O5. The van der Waals surface area contributed by atoms with Crippen LogP contribution >= 0.6 is 0 Å². The summed E-state index contributed by atoms with van der Waals surface area (Å²) in [6.07, 6.45) is 1.04. The second-order valence-electron chi connectivity index (χ2n) is 3.52. The third-order valence-electron chi connectivity index (χ3n) is 2.45. The number of benzene rings is 1. The Balaban J connectivity index is 2.57. The van der Waals surface area contributed by atoms with Gasteiger partial charge in [-0.3, -0.25) is 25.0 Å². The molecule has 0 radical (unpaired) electrons. The summed E-state index contributed by atoms with van der Waals surface area (Å²) in [4.78, 5) is 32.8. The molecule has 0 aliphatic carbocycles. The van der Waals surface area contributed by atoms with Gasteiger partial charge in [-0.25, -0.2) is 0 Å². The van der Waals surface area contributed by atoms with Crippen LogP contribution in [0.25, 0.3) is 5.57 Å². The van der Waals surface area contributed by atoms with E-state index >= 15 is 0 Å². The van der Waals surface area contributed by atoms with E-state index in [4.69, 9.17) is 4.74 Å². The van der Waals surface area contributed by atoms with E-state index in [0.717, 1.165) is 6.08 Å². The molecule has 1 aromatic rings. The van der Waals surface area contributed by atoms with Crippen LogP contribution in [0.3, 0.4) is 0 Å². The summed E-state index contributed by atoms with van der Waals surface area (Å²) in [5.41, 5.74) is -0.219. The highest BCUT2D eigenvalue weighted by Crippen LogP contribution is 2.31. The van der Waals surface area contributed by atoms with Crippen LogP contribution in [0, 0.1) is 10.1 Å². The van der Waals surface area contributed by atoms with E-state index in [1.54, 1.807) is 0 Å². The molecule has 2 rings (SSSR count). The number of carbonyl (C=O) groups is 2. The maximum atomic E-state index is 11.5. The molecule has 0 spiro atoms. The lowest BCUT2D eigenvalue weighted by atomic mass is 10.0. The van der Waals surface area contributed by atoms with Gasteiger partial charge in [0.1, 0.15) is 5.75 Å². The summed E-state index contributed by atoms with van der Waals surface area (Å²) in [5, 5.41) is 13.0. The molecule has 1 aliphatic rings. The van der Waals surface area contributed by atoms with Gasteiger partial charge in [-0.2, -0.15) is 0 Å². The molecule has 0 saturated carbocycles. The van der Waals surface area contributed by atoms with Crippen molar-refractivity contribution >= 4 is 23.1 Å². The van der Waals surface area contributed by atoms with Crippen molar-refractivity contribution in [2.24, 2.45) is 0 Å². The number of amides is 2. The van der Waals surface area contributed by atoms with E-state index in [-0.39, 0.29) is 16.8 Å². The first-order valence-corrected chi connectivity index (χ1v) is 4.92. The van der Waals surface area contributed by atoms with Gasteiger partial charge in [-0.15, -0.1) is 0 Å². The van der Waals surface area contributed by atoms with Crippen molar-refractivity contribution in [2.45, 2.75) is 0 Å². The quantitative estimate of drug-likeness (QED) is 0.481. The number of methoxy groups -OCH3 is 1. The Morgan fingerprint density at radius 1 is 1.33 bits per heavy atom. The largest absolute Gasteiger partial charge is 0.497 e. The number of rotatable bonds is 3. The lowest BCUT2D eigenvalue weighted by molar-refractivity contribution is -0.385. The van der Waals surface area contributed by atoms with E-state index in [2.05, 4.69) is 0 Å². The van der Waals surface area contributed by atoms with Crippen LogP contribution in [0.15, 0.2) is 24.3 Å². The molecule has 1 aliphatic heterocycles. The van der Waals surface area contributed by atoms with Crippen molar-refractivity contribution < 1.29 is 19.2 Å². The maximum Gasteiger partial charge on any atom is 0.281 e. The molecule has 0 aromatic heterocycles. The van der Waals surface area contributed by atoms with E-state index in [1.165, 1.54) is 25.3 Å². The van der Waals surface area contributed by atoms with E-state index in [0.29, 0.717) is 5.75 Å². The fourth-order valence-electron chi connectivity index (χ4n) is 1.63. The first-order valence-electron chi connectivity index (χ1n) is 4.92. The second kappa shape index (κ2) is 4.28. The molecule has 1 N–H and O–H groups in total. The second-order valence-corrected chi connectivity index (χ2v) is 3.52. The number of imide groups is 1. The van der Waals surface area contributed by atoms with Crippen molar-refractivity contribution in [3.8, 4) is 5.75 Å². The van der Waals surface area contributed by atoms with Crippen molar-refractivity contribution in [1.82, 2.24) is 5.32 Å². The molecule has 92 valence electrons. The van der Waals surface area contributed by atoms with Crippen LogP contribution in [-0.2, 0) is 9.59 Å². The summed E-state index contributed by atoms with van der Waals surface area (Å²) in [7, 11) is 1.38.